The Bertz CT molecular complexity index is 900. The standard InChI is InChI=1S/C18H17FN2O3S/c19-14-6-8-15(9-7-14)21-17-12-25(23,24)11-16(17)20(18(21)22)10-13-4-2-1-3-5-13/h1-9,16-17H,10-12H2/t16-,17+/m0/s1. The third-order valence-corrected chi connectivity index (χ3v) is 6.48. The van der Waals surface area contributed by atoms with E-state index in [1.165, 1.54) is 29.2 Å². The molecule has 2 saturated heterocycles. The van der Waals surface area contributed by atoms with E-state index in [4.69, 9.17) is 0 Å². The summed E-state index contributed by atoms with van der Waals surface area (Å²) < 4.78 is 37.5. The van der Waals surface area contributed by atoms with Gasteiger partial charge in [-0.1, -0.05) is 30.3 Å². The van der Waals surface area contributed by atoms with E-state index in [9.17, 15) is 17.6 Å². The van der Waals surface area contributed by atoms with Crippen LogP contribution < -0.4 is 4.90 Å². The molecule has 0 bridgehead atoms. The Kier molecular flexibility index (Phi) is 3.76. The van der Waals surface area contributed by atoms with E-state index in [1.54, 1.807) is 4.90 Å². The van der Waals surface area contributed by atoms with Crippen LogP contribution in [-0.4, -0.2) is 42.9 Å². The number of amides is 2. The third kappa shape index (κ3) is 2.89. The summed E-state index contributed by atoms with van der Waals surface area (Å²) in [6.07, 6.45) is 0. The van der Waals surface area contributed by atoms with Crippen molar-refractivity contribution in [3.63, 3.8) is 0 Å². The second-order valence-corrected chi connectivity index (χ2v) is 8.61. The monoisotopic (exact) mass is 360 g/mol. The van der Waals surface area contributed by atoms with E-state index in [2.05, 4.69) is 0 Å². The number of anilines is 1. The molecule has 2 fully saturated rings. The van der Waals surface area contributed by atoms with Crippen LogP contribution in [0.25, 0.3) is 0 Å². The van der Waals surface area contributed by atoms with Crippen LogP contribution in [0.4, 0.5) is 14.9 Å². The Balaban J connectivity index is 1.71. The van der Waals surface area contributed by atoms with Gasteiger partial charge in [0.1, 0.15) is 5.82 Å². The minimum atomic E-state index is -3.21. The lowest BCUT2D eigenvalue weighted by atomic mass is 10.1. The molecule has 0 unspecified atom stereocenters. The highest BCUT2D eigenvalue weighted by molar-refractivity contribution is 7.91. The Morgan fingerprint density at radius 2 is 1.60 bits per heavy atom. The lowest BCUT2D eigenvalue weighted by Crippen LogP contribution is -2.37. The van der Waals surface area contributed by atoms with Gasteiger partial charge in [-0.25, -0.2) is 17.6 Å². The van der Waals surface area contributed by atoms with Crippen LogP contribution in [0.15, 0.2) is 54.6 Å². The molecule has 0 saturated carbocycles. The molecular weight excluding hydrogens is 343 g/mol. The van der Waals surface area contributed by atoms with Gasteiger partial charge >= 0.3 is 6.03 Å². The van der Waals surface area contributed by atoms with Gasteiger partial charge in [-0.15, -0.1) is 0 Å². The van der Waals surface area contributed by atoms with E-state index in [0.29, 0.717) is 12.2 Å². The average molecular weight is 360 g/mol. The zero-order valence-electron chi connectivity index (χ0n) is 13.4. The van der Waals surface area contributed by atoms with E-state index < -0.39 is 21.7 Å². The number of sulfone groups is 1. The number of nitrogens with zero attached hydrogens (tertiary/aromatic N) is 2. The highest BCUT2D eigenvalue weighted by Gasteiger charge is 2.53. The van der Waals surface area contributed by atoms with E-state index in [-0.39, 0.29) is 23.6 Å². The van der Waals surface area contributed by atoms with Crippen LogP contribution >= 0.6 is 0 Å². The second kappa shape index (κ2) is 5.84. The largest absolute Gasteiger partial charge is 0.325 e. The van der Waals surface area contributed by atoms with Gasteiger partial charge in [0.25, 0.3) is 0 Å². The van der Waals surface area contributed by atoms with Crippen molar-refractivity contribution in [2.24, 2.45) is 0 Å². The van der Waals surface area contributed by atoms with Gasteiger partial charge in [-0.3, -0.25) is 4.90 Å². The Hall–Kier alpha value is -2.41. The Labute approximate surface area is 145 Å². The first kappa shape index (κ1) is 16.1. The molecule has 25 heavy (non-hydrogen) atoms. The summed E-state index contributed by atoms with van der Waals surface area (Å²) in [5, 5.41) is 0. The normalized spacial score (nSPS) is 24.6. The molecule has 2 aromatic carbocycles. The third-order valence-electron chi connectivity index (χ3n) is 4.78. The summed E-state index contributed by atoms with van der Waals surface area (Å²) >= 11 is 0. The average Bonchev–Trinajstić information content (AvgIpc) is 3.01. The van der Waals surface area contributed by atoms with E-state index in [1.807, 2.05) is 30.3 Å². The van der Waals surface area contributed by atoms with Crippen molar-refractivity contribution >= 4 is 21.6 Å². The lowest BCUT2D eigenvalue weighted by molar-refractivity contribution is 0.206. The quantitative estimate of drug-likeness (QED) is 0.790. The summed E-state index contributed by atoms with van der Waals surface area (Å²) in [7, 11) is -3.21. The molecule has 4 rings (SSSR count). The predicted octanol–water partition coefficient (Wildman–Crippen LogP) is 2.43. The number of benzene rings is 2. The first-order valence-corrected chi connectivity index (χ1v) is 9.86. The molecule has 0 radical (unpaired) electrons. The number of urea groups is 1. The number of fused-ring (bicyclic) bond motifs is 1. The van der Waals surface area contributed by atoms with Crippen molar-refractivity contribution in [3.05, 3.63) is 66.0 Å². The van der Waals surface area contributed by atoms with Gasteiger partial charge in [0.05, 0.1) is 23.6 Å². The molecular formula is C18H17FN2O3S. The first-order valence-electron chi connectivity index (χ1n) is 8.04. The summed E-state index contributed by atoms with van der Waals surface area (Å²) in [5.74, 6) is -0.493. The minimum Gasteiger partial charge on any atom is -0.314 e. The molecule has 2 aliphatic heterocycles. The van der Waals surface area contributed by atoms with Crippen LogP contribution in [0.3, 0.4) is 0 Å². The number of rotatable bonds is 3. The summed E-state index contributed by atoms with van der Waals surface area (Å²) in [5.41, 5.74) is 1.47. The fourth-order valence-electron chi connectivity index (χ4n) is 3.65. The fraction of sp³-hybridized carbons (Fsp3) is 0.278. The molecule has 0 N–H and O–H groups in total. The molecule has 2 aliphatic rings. The van der Waals surface area contributed by atoms with Crippen LogP contribution in [-0.2, 0) is 16.4 Å². The molecule has 0 aliphatic carbocycles. The molecule has 130 valence electrons. The predicted molar refractivity (Wildman–Crippen MR) is 92.5 cm³/mol. The number of carbonyl (C=O) groups excluding carboxylic acids is 1. The van der Waals surface area contributed by atoms with Crippen molar-refractivity contribution in [2.45, 2.75) is 18.6 Å². The maximum absolute atomic E-state index is 13.2. The minimum absolute atomic E-state index is 0.0338. The van der Waals surface area contributed by atoms with Crippen LogP contribution in [0, 0.1) is 5.82 Å². The molecule has 2 amide bonds. The number of hydrogen-bond donors (Lipinski definition) is 0. The lowest BCUT2D eigenvalue weighted by Gasteiger charge is -2.22. The smallest absolute Gasteiger partial charge is 0.314 e. The first-order chi connectivity index (χ1) is 11.9. The molecule has 5 nitrogen and oxygen atoms in total. The summed E-state index contributed by atoms with van der Waals surface area (Å²) in [4.78, 5) is 16.1. The highest BCUT2D eigenvalue weighted by atomic mass is 32.2. The second-order valence-electron chi connectivity index (χ2n) is 6.45. The van der Waals surface area contributed by atoms with Gasteiger partial charge < -0.3 is 4.90 Å². The maximum atomic E-state index is 13.2. The molecule has 2 atom stereocenters. The van der Waals surface area contributed by atoms with Crippen molar-refractivity contribution in [1.29, 1.82) is 0 Å². The number of hydrogen-bond acceptors (Lipinski definition) is 3. The number of halogens is 1. The Morgan fingerprint density at radius 3 is 2.28 bits per heavy atom. The van der Waals surface area contributed by atoms with E-state index in [0.717, 1.165) is 5.56 Å². The summed E-state index contributed by atoms with van der Waals surface area (Å²) in [6.45, 7) is 0.355. The SMILES string of the molecule is O=C1N(Cc2ccccc2)[C@H]2CS(=O)(=O)C[C@H]2N1c1ccc(F)cc1. The van der Waals surface area contributed by atoms with Crippen molar-refractivity contribution in [3.8, 4) is 0 Å². The van der Waals surface area contributed by atoms with Crippen LogP contribution in [0.5, 0.6) is 0 Å². The topological polar surface area (TPSA) is 57.7 Å². The fourth-order valence-corrected chi connectivity index (χ4v) is 5.60. The van der Waals surface area contributed by atoms with Crippen LogP contribution in [0.2, 0.25) is 0 Å². The van der Waals surface area contributed by atoms with Crippen molar-refractivity contribution in [2.75, 3.05) is 16.4 Å². The zero-order chi connectivity index (χ0) is 17.6. The van der Waals surface area contributed by atoms with Crippen molar-refractivity contribution < 1.29 is 17.6 Å². The molecule has 2 heterocycles. The highest BCUT2D eigenvalue weighted by Crippen LogP contribution is 2.35. The molecule has 0 spiro atoms. The zero-order valence-corrected chi connectivity index (χ0v) is 14.2. The number of carbonyl (C=O) groups is 1. The van der Waals surface area contributed by atoms with Gasteiger partial charge in [-0.2, -0.15) is 0 Å². The molecule has 0 aromatic heterocycles. The van der Waals surface area contributed by atoms with Gasteiger partial charge in [0.2, 0.25) is 0 Å². The summed E-state index contributed by atoms with van der Waals surface area (Å²) in [6, 6.07) is 14.0. The molecule has 7 heteroatoms. The van der Waals surface area contributed by atoms with Gasteiger partial charge in [0, 0.05) is 12.2 Å². The molecule has 2 aromatic rings. The maximum Gasteiger partial charge on any atom is 0.325 e. The van der Waals surface area contributed by atoms with E-state index >= 15 is 0 Å². The van der Waals surface area contributed by atoms with Crippen LogP contribution in [0.1, 0.15) is 5.56 Å². The Morgan fingerprint density at radius 1 is 0.960 bits per heavy atom. The van der Waals surface area contributed by atoms with Crippen molar-refractivity contribution in [1.82, 2.24) is 4.90 Å². The van der Waals surface area contributed by atoms with Gasteiger partial charge in [0.15, 0.2) is 9.84 Å². The van der Waals surface area contributed by atoms with Gasteiger partial charge in [-0.05, 0) is 29.8 Å².